The number of halogens is 1. The van der Waals surface area contributed by atoms with Gasteiger partial charge in [-0.2, -0.15) is 5.10 Å². The van der Waals surface area contributed by atoms with Crippen LogP contribution in [-0.2, 0) is 17.2 Å². The van der Waals surface area contributed by atoms with Crippen molar-refractivity contribution in [1.29, 1.82) is 0 Å². The van der Waals surface area contributed by atoms with Crippen LogP contribution in [-0.4, -0.2) is 22.8 Å². The van der Waals surface area contributed by atoms with Crippen LogP contribution in [0.5, 0.6) is 5.75 Å². The third-order valence-electron chi connectivity index (χ3n) is 4.23. The minimum atomic E-state index is -0.437. The van der Waals surface area contributed by atoms with E-state index in [1.54, 1.807) is 30.5 Å². The van der Waals surface area contributed by atoms with Crippen molar-refractivity contribution in [3.05, 3.63) is 105 Å². The van der Waals surface area contributed by atoms with Crippen molar-refractivity contribution in [2.24, 2.45) is 5.10 Å². The van der Waals surface area contributed by atoms with Gasteiger partial charge in [0, 0.05) is 22.9 Å². The average Bonchev–Trinajstić information content (AvgIpc) is 2.79. The Kier molecular flexibility index (Phi) is 8.65. The number of nitrogens with zero attached hydrogens (tertiary/aromatic N) is 2. The number of nitrogens with one attached hydrogen (secondary N) is 1. The molecule has 0 unspecified atom stereocenters. The van der Waals surface area contributed by atoms with E-state index in [-0.39, 0.29) is 11.6 Å². The first kappa shape index (κ1) is 23.3. The van der Waals surface area contributed by atoms with Crippen LogP contribution in [0.4, 0.5) is 5.69 Å². The standard InChI is InChI=1S/C23H20ClN3O4S/c24-20-3-1-2-19(12-20)15-32-16-23(28)26-25-13-17-6-10-22(11-7-17)31-14-18-4-8-21(9-5-18)27(29)30/h1-13H,14-16H2,(H,26,28). The summed E-state index contributed by atoms with van der Waals surface area (Å²) < 4.78 is 5.68. The highest BCUT2D eigenvalue weighted by atomic mass is 35.5. The molecule has 0 saturated carbocycles. The Bertz CT molecular complexity index is 1090. The van der Waals surface area contributed by atoms with E-state index in [0.717, 1.165) is 16.7 Å². The van der Waals surface area contributed by atoms with E-state index >= 15 is 0 Å². The lowest BCUT2D eigenvalue weighted by molar-refractivity contribution is -0.384. The second-order valence-corrected chi connectivity index (χ2v) is 8.12. The fourth-order valence-electron chi connectivity index (χ4n) is 2.63. The quantitative estimate of drug-likeness (QED) is 0.250. The fourth-order valence-corrected chi connectivity index (χ4v) is 3.61. The number of carbonyl (C=O) groups excluding carboxylic acids is 1. The molecule has 0 bridgehead atoms. The first-order valence-corrected chi connectivity index (χ1v) is 11.1. The molecule has 0 heterocycles. The lowest BCUT2D eigenvalue weighted by Crippen LogP contribution is -2.19. The van der Waals surface area contributed by atoms with Crippen molar-refractivity contribution in [3.8, 4) is 5.75 Å². The van der Waals surface area contributed by atoms with Crippen LogP contribution in [0.25, 0.3) is 0 Å². The van der Waals surface area contributed by atoms with Gasteiger partial charge in [-0.15, -0.1) is 11.8 Å². The highest BCUT2D eigenvalue weighted by Gasteiger charge is 2.04. The zero-order valence-corrected chi connectivity index (χ0v) is 18.5. The van der Waals surface area contributed by atoms with Crippen LogP contribution in [0.1, 0.15) is 16.7 Å². The van der Waals surface area contributed by atoms with Crippen LogP contribution in [0.3, 0.4) is 0 Å². The number of hydrazone groups is 1. The maximum absolute atomic E-state index is 11.9. The third-order valence-corrected chi connectivity index (χ3v) is 5.47. The molecule has 0 saturated heterocycles. The molecule has 0 aliphatic heterocycles. The minimum absolute atomic E-state index is 0.0455. The Morgan fingerprint density at radius 2 is 1.84 bits per heavy atom. The predicted molar refractivity (Wildman–Crippen MR) is 127 cm³/mol. The van der Waals surface area contributed by atoms with E-state index in [4.69, 9.17) is 16.3 Å². The van der Waals surface area contributed by atoms with Crippen molar-refractivity contribution >= 4 is 41.2 Å². The highest BCUT2D eigenvalue weighted by molar-refractivity contribution is 7.99. The molecule has 164 valence electrons. The molecule has 0 atom stereocenters. The van der Waals surface area contributed by atoms with Crippen LogP contribution in [0, 0.1) is 10.1 Å². The zero-order valence-electron chi connectivity index (χ0n) is 16.9. The summed E-state index contributed by atoms with van der Waals surface area (Å²) in [7, 11) is 0. The number of hydrogen-bond acceptors (Lipinski definition) is 6. The second-order valence-electron chi connectivity index (χ2n) is 6.70. The Morgan fingerprint density at radius 3 is 2.53 bits per heavy atom. The van der Waals surface area contributed by atoms with Crippen LogP contribution in [0.2, 0.25) is 5.02 Å². The van der Waals surface area contributed by atoms with E-state index in [2.05, 4.69) is 10.5 Å². The molecule has 3 rings (SSSR count). The van der Waals surface area contributed by atoms with Crippen LogP contribution < -0.4 is 10.2 Å². The number of amides is 1. The summed E-state index contributed by atoms with van der Waals surface area (Å²) in [6, 6.07) is 21.0. The number of nitro benzene ring substituents is 1. The highest BCUT2D eigenvalue weighted by Crippen LogP contribution is 2.17. The minimum Gasteiger partial charge on any atom is -0.489 e. The topological polar surface area (TPSA) is 93.8 Å². The number of non-ortho nitro benzene ring substituents is 1. The first-order chi connectivity index (χ1) is 15.5. The Morgan fingerprint density at radius 1 is 1.09 bits per heavy atom. The van der Waals surface area contributed by atoms with Gasteiger partial charge in [-0.1, -0.05) is 23.7 Å². The third kappa shape index (κ3) is 7.72. The molecule has 3 aromatic carbocycles. The van der Waals surface area contributed by atoms with Gasteiger partial charge in [0.1, 0.15) is 12.4 Å². The van der Waals surface area contributed by atoms with Crippen LogP contribution >= 0.6 is 23.4 Å². The molecule has 0 fully saturated rings. The maximum Gasteiger partial charge on any atom is 0.269 e. The van der Waals surface area contributed by atoms with Gasteiger partial charge in [0.25, 0.3) is 5.69 Å². The second kappa shape index (κ2) is 11.9. The summed E-state index contributed by atoms with van der Waals surface area (Å²) in [4.78, 5) is 22.1. The van der Waals surface area contributed by atoms with Crippen LogP contribution in [0.15, 0.2) is 77.9 Å². The summed E-state index contributed by atoms with van der Waals surface area (Å²) in [5.41, 5.74) is 5.25. The number of thioether (sulfide) groups is 1. The van der Waals surface area contributed by atoms with E-state index in [9.17, 15) is 14.9 Å². The number of benzene rings is 3. The number of carbonyl (C=O) groups is 1. The Hall–Kier alpha value is -3.36. The van der Waals surface area contributed by atoms with E-state index in [0.29, 0.717) is 28.9 Å². The average molecular weight is 470 g/mol. The number of nitro groups is 1. The van der Waals surface area contributed by atoms with Gasteiger partial charge in [0.05, 0.1) is 16.9 Å². The van der Waals surface area contributed by atoms with Gasteiger partial charge in [-0.3, -0.25) is 14.9 Å². The lowest BCUT2D eigenvalue weighted by Gasteiger charge is -2.06. The predicted octanol–water partition coefficient (Wildman–Crippen LogP) is 5.21. The summed E-state index contributed by atoms with van der Waals surface area (Å²) >= 11 is 7.43. The van der Waals surface area contributed by atoms with Gasteiger partial charge in [0.15, 0.2) is 0 Å². The van der Waals surface area contributed by atoms with Crippen molar-refractivity contribution in [2.75, 3.05) is 5.75 Å². The van der Waals surface area contributed by atoms with Gasteiger partial charge < -0.3 is 4.74 Å². The number of ether oxygens (including phenoxy) is 1. The molecule has 7 nitrogen and oxygen atoms in total. The molecule has 0 spiro atoms. The van der Waals surface area contributed by atoms with E-state index in [1.165, 1.54) is 23.9 Å². The molecular weight excluding hydrogens is 450 g/mol. The Labute approximate surface area is 194 Å². The SMILES string of the molecule is O=C(CSCc1cccc(Cl)c1)NN=Cc1ccc(OCc2ccc([N+](=O)[O-])cc2)cc1. The van der Waals surface area contributed by atoms with Gasteiger partial charge in [0.2, 0.25) is 5.91 Å². The summed E-state index contributed by atoms with van der Waals surface area (Å²) in [5, 5.41) is 15.3. The summed E-state index contributed by atoms with van der Waals surface area (Å²) in [6.07, 6.45) is 1.56. The monoisotopic (exact) mass is 469 g/mol. The molecular formula is C23H20ClN3O4S. The maximum atomic E-state index is 11.9. The van der Waals surface area contributed by atoms with Crippen molar-refractivity contribution in [3.63, 3.8) is 0 Å². The normalized spacial score (nSPS) is 10.8. The Balaban J connectivity index is 1.38. The largest absolute Gasteiger partial charge is 0.489 e. The molecule has 9 heteroatoms. The zero-order chi connectivity index (χ0) is 22.8. The fraction of sp³-hybridized carbons (Fsp3) is 0.130. The van der Waals surface area contributed by atoms with Crippen molar-refractivity contribution < 1.29 is 14.5 Å². The van der Waals surface area contributed by atoms with Crippen molar-refractivity contribution in [2.45, 2.75) is 12.4 Å². The van der Waals surface area contributed by atoms with E-state index in [1.807, 2.05) is 36.4 Å². The molecule has 1 amide bonds. The summed E-state index contributed by atoms with van der Waals surface area (Å²) in [5.74, 6) is 1.46. The molecule has 1 N–H and O–H groups in total. The van der Waals surface area contributed by atoms with Gasteiger partial charge in [-0.05, 0) is 65.2 Å². The number of rotatable bonds is 10. The van der Waals surface area contributed by atoms with Gasteiger partial charge >= 0.3 is 0 Å². The van der Waals surface area contributed by atoms with Crippen molar-refractivity contribution in [1.82, 2.24) is 5.43 Å². The first-order valence-electron chi connectivity index (χ1n) is 9.60. The molecule has 0 radical (unpaired) electrons. The molecule has 0 aliphatic rings. The number of hydrogen-bond donors (Lipinski definition) is 1. The molecule has 32 heavy (non-hydrogen) atoms. The summed E-state index contributed by atoms with van der Waals surface area (Å²) in [6.45, 7) is 0.300. The van der Waals surface area contributed by atoms with E-state index < -0.39 is 4.92 Å². The molecule has 0 aromatic heterocycles. The molecule has 3 aromatic rings. The van der Waals surface area contributed by atoms with Gasteiger partial charge in [-0.25, -0.2) is 5.43 Å². The lowest BCUT2D eigenvalue weighted by atomic mass is 10.2. The molecule has 0 aliphatic carbocycles. The smallest absolute Gasteiger partial charge is 0.269 e.